The largest absolute Gasteiger partial charge is 0.480 e. The Hall–Kier alpha value is -1.46. The third kappa shape index (κ3) is 2.62. The van der Waals surface area contributed by atoms with E-state index in [1.807, 2.05) is 17.9 Å². The van der Waals surface area contributed by atoms with Crippen molar-refractivity contribution in [1.82, 2.24) is 9.88 Å². The van der Waals surface area contributed by atoms with E-state index < -0.39 is 12.0 Å². The first-order valence-corrected chi connectivity index (χ1v) is 5.65. The highest BCUT2D eigenvalue weighted by Crippen LogP contribution is 2.24. The third-order valence-electron chi connectivity index (χ3n) is 3.02. The molecule has 17 heavy (non-hydrogen) atoms. The highest BCUT2D eigenvalue weighted by Gasteiger charge is 2.29. The number of hydrogen-bond acceptors (Lipinski definition) is 4. The van der Waals surface area contributed by atoms with Crippen LogP contribution in [0.15, 0.2) is 18.5 Å². The van der Waals surface area contributed by atoms with E-state index in [1.165, 1.54) is 0 Å². The van der Waals surface area contributed by atoms with Gasteiger partial charge >= 0.3 is 5.97 Å². The number of aromatic nitrogens is 1. The lowest BCUT2D eigenvalue weighted by Crippen LogP contribution is -2.42. The molecule has 1 aromatic heterocycles. The summed E-state index contributed by atoms with van der Waals surface area (Å²) in [7, 11) is 0. The van der Waals surface area contributed by atoms with Gasteiger partial charge in [0.1, 0.15) is 6.04 Å². The predicted molar refractivity (Wildman–Crippen MR) is 61.7 cm³/mol. The summed E-state index contributed by atoms with van der Waals surface area (Å²) in [5.41, 5.74) is 1.72. The summed E-state index contributed by atoms with van der Waals surface area (Å²) >= 11 is 0. The fourth-order valence-electron chi connectivity index (χ4n) is 2.08. The van der Waals surface area contributed by atoms with Crippen molar-refractivity contribution in [2.45, 2.75) is 13.0 Å². The molecule has 1 aromatic rings. The van der Waals surface area contributed by atoms with Crippen molar-refractivity contribution in [2.75, 3.05) is 26.3 Å². The zero-order valence-corrected chi connectivity index (χ0v) is 9.80. The maximum Gasteiger partial charge on any atom is 0.325 e. The molecule has 1 unspecified atom stereocenters. The van der Waals surface area contributed by atoms with Crippen molar-refractivity contribution in [3.63, 3.8) is 0 Å². The second-order valence-electron chi connectivity index (χ2n) is 4.12. The van der Waals surface area contributed by atoms with Gasteiger partial charge < -0.3 is 9.84 Å². The van der Waals surface area contributed by atoms with E-state index in [4.69, 9.17) is 4.74 Å². The van der Waals surface area contributed by atoms with Crippen molar-refractivity contribution in [3.8, 4) is 0 Å². The van der Waals surface area contributed by atoms with Crippen LogP contribution in [0.2, 0.25) is 0 Å². The number of carboxylic acids is 1. The molecule has 5 nitrogen and oxygen atoms in total. The zero-order chi connectivity index (χ0) is 12.3. The second-order valence-corrected chi connectivity index (χ2v) is 4.12. The fraction of sp³-hybridized carbons (Fsp3) is 0.500. The summed E-state index contributed by atoms with van der Waals surface area (Å²) < 4.78 is 5.25. The summed E-state index contributed by atoms with van der Waals surface area (Å²) in [4.78, 5) is 17.4. The zero-order valence-electron chi connectivity index (χ0n) is 9.80. The molecule has 0 bridgehead atoms. The number of aliphatic carboxylic acids is 1. The topological polar surface area (TPSA) is 62.7 Å². The first-order chi connectivity index (χ1) is 8.20. The molecule has 2 heterocycles. The van der Waals surface area contributed by atoms with Crippen molar-refractivity contribution in [3.05, 3.63) is 29.6 Å². The Morgan fingerprint density at radius 2 is 2.24 bits per heavy atom. The van der Waals surface area contributed by atoms with Gasteiger partial charge in [0.15, 0.2) is 0 Å². The smallest absolute Gasteiger partial charge is 0.325 e. The maximum absolute atomic E-state index is 11.4. The molecule has 0 radical (unpaired) electrons. The van der Waals surface area contributed by atoms with Gasteiger partial charge in [0.05, 0.1) is 13.2 Å². The molecule has 1 atom stereocenters. The molecule has 0 aromatic carbocycles. The van der Waals surface area contributed by atoms with Gasteiger partial charge in [0, 0.05) is 31.0 Å². The fourth-order valence-corrected chi connectivity index (χ4v) is 2.08. The number of rotatable bonds is 3. The Kier molecular flexibility index (Phi) is 3.71. The molecule has 1 saturated heterocycles. The average Bonchev–Trinajstić information content (AvgIpc) is 2.33. The number of ether oxygens (including phenoxy) is 1. The van der Waals surface area contributed by atoms with Gasteiger partial charge in [0.2, 0.25) is 0 Å². The normalized spacial score (nSPS) is 18.9. The van der Waals surface area contributed by atoms with Crippen LogP contribution in [0.1, 0.15) is 17.2 Å². The Bertz CT molecular complexity index is 402. The van der Waals surface area contributed by atoms with E-state index in [0.29, 0.717) is 26.3 Å². The van der Waals surface area contributed by atoms with Gasteiger partial charge in [-0.1, -0.05) is 0 Å². The Balaban J connectivity index is 2.28. The molecule has 5 heteroatoms. The van der Waals surface area contributed by atoms with Crippen LogP contribution in [0.3, 0.4) is 0 Å². The van der Waals surface area contributed by atoms with Crippen molar-refractivity contribution < 1.29 is 14.6 Å². The van der Waals surface area contributed by atoms with Gasteiger partial charge in [-0.15, -0.1) is 0 Å². The molecule has 92 valence electrons. The Labute approximate surface area is 100 Å². The number of aryl methyl sites for hydroxylation is 1. The van der Waals surface area contributed by atoms with E-state index in [0.717, 1.165) is 11.1 Å². The van der Waals surface area contributed by atoms with E-state index in [1.54, 1.807) is 12.4 Å². The summed E-state index contributed by atoms with van der Waals surface area (Å²) in [6.45, 7) is 4.37. The summed E-state index contributed by atoms with van der Waals surface area (Å²) in [6, 6.07) is 1.22. The molecule has 1 N–H and O–H groups in total. The Morgan fingerprint density at radius 3 is 2.82 bits per heavy atom. The first-order valence-electron chi connectivity index (χ1n) is 5.65. The van der Waals surface area contributed by atoms with Crippen LogP contribution < -0.4 is 0 Å². The first kappa shape index (κ1) is 12.0. The summed E-state index contributed by atoms with van der Waals surface area (Å²) in [5.74, 6) is -0.831. The highest BCUT2D eigenvalue weighted by atomic mass is 16.5. The van der Waals surface area contributed by atoms with Crippen LogP contribution >= 0.6 is 0 Å². The van der Waals surface area contributed by atoms with Crippen molar-refractivity contribution >= 4 is 5.97 Å². The van der Waals surface area contributed by atoms with Crippen molar-refractivity contribution in [2.24, 2.45) is 0 Å². The maximum atomic E-state index is 11.4. The lowest BCUT2D eigenvalue weighted by atomic mass is 10.0. The number of pyridine rings is 1. The van der Waals surface area contributed by atoms with Gasteiger partial charge in [-0.05, 0) is 18.6 Å². The molecule has 0 aliphatic carbocycles. The Morgan fingerprint density at radius 1 is 1.53 bits per heavy atom. The monoisotopic (exact) mass is 236 g/mol. The molecular weight excluding hydrogens is 220 g/mol. The van der Waals surface area contributed by atoms with Gasteiger partial charge in [-0.25, -0.2) is 0 Å². The van der Waals surface area contributed by atoms with E-state index >= 15 is 0 Å². The summed E-state index contributed by atoms with van der Waals surface area (Å²) in [5, 5.41) is 9.39. The third-order valence-corrected chi connectivity index (χ3v) is 3.02. The predicted octanol–water partition coefficient (Wildman–Crippen LogP) is 0.848. The van der Waals surface area contributed by atoms with Crippen LogP contribution in [0.25, 0.3) is 0 Å². The van der Waals surface area contributed by atoms with Crippen LogP contribution in [-0.2, 0) is 9.53 Å². The van der Waals surface area contributed by atoms with Crippen LogP contribution in [0.5, 0.6) is 0 Å². The minimum absolute atomic E-state index is 0.586. The standard InChI is InChI=1S/C12H16N2O3/c1-9-2-3-13-8-10(9)11(12(15)16)14-4-6-17-7-5-14/h2-3,8,11H,4-7H2,1H3,(H,15,16). The van der Waals surface area contributed by atoms with Crippen molar-refractivity contribution in [1.29, 1.82) is 0 Å². The van der Waals surface area contributed by atoms with Gasteiger partial charge in [-0.2, -0.15) is 0 Å². The van der Waals surface area contributed by atoms with Gasteiger partial charge in [0.25, 0.3) is 0 Å². The van der Waals surface area contributed by atoms with Crippen LogP contribution in [0, 0.1) is 6.92 Å². The van der Waals surface area contributed by atoms with E-state index in [9.17, 15) is 9.90 Å². The lowest BCUT2D eigenvalue weighted by Gasteiger charge is -2.32. The molecule has 1 aliphatic rings. The highest BCUT2D eigenvalue weighted by molar-refractivity contribution is 5.76. The number of carboxylic acid groups (broad SMARTS) is 1. The molecule has 0 saturated carbocycles. The molecule has 1 aliphatic heterocycles. The number of nitrogens with zero attached hydrogens (tertiary/aromatic N) is 2. The molecule has 1 fully saturated rings. The molecule has 0 spiro atoms. The molecular formula is C12H16N2O3. The minimum Gasteiger partial charge on any atom is -0.480 e. The number of carbonyl (C=O) groups is 1. The molecule has 0 amide bonds. The van der Waals surface area contributed by atoms with Crippen LogP contribution in [-0.4, -0.2) is 47.3 Å². The number of morpholine rings is 1. The average molecular weight is 236 g/mol. The van der Waals surface area contributed by atoms with Crippen LogP contribution in [0.4, 0.5) is 0 Å². The second kappa shape index (κ2) is 5.25. The molecule has 2 rings (SSSR count). The van der Waals surface area contributed by atoms with E-state index in [2.05, 4.69) is 4.98 Å². The minimum atomic E-state index is -0.831. The lowest BCUT2D eigenvalue weighted by molar-refractivity contribution is -0.145. The van der Waals surface area contributed by atoms with E-state index in [-0.39, 0.29) is 0 Å². The van der Waals surface area contributed by atoms with Gasteiger partial charge in [-0.3, -0.25) is 14.7 Å². The summed E-state index contributed by atoms with van der Waals surface area (Å²) in [6.07, 6.45) is 3.32. The quantitative estimate of drug-likeness (QED) is 0.843. The SMILES string of the molecule is Cc1ccncc1C(C(=O)O)N1CCOCC1. The number of hydrogen-bond donors (Lipinski definition) is 1.